The number of thiophene rings is 1. The Bertz CT molecular complexity index is 1330. The van der Waals surface area contributed by atoms with Crippen LogP contribution in [0.4, 0.5) is 0 Å². The van der Waals surface area contributed by atoms with Crippen molar-refractivity contribution in [2.45, 2.75) is 25.8 Å². The second-order valence-corrected chi connectivity index (χ2v) is 8.93. The smallest absolute Gasteiger partial charge is 0.316 e. The van der Waals surface area contributed by atoms with Gasteiger partial charge in [0, 0.05) is 16.5 Å². The van der Waals surface area contributed by atoms with Crippen molar-refractivity contribution in [3.8, 4) is 16.9 Å². The summed E-state index contributed by atoms with van der Waals surface area (Å²) >= 11 is 2.77. The molecule has 0 fully saturated rings. The lowest BCUT2D eigenvalue weighted by Crippen LogP contribution is -2.06. The quantitative estimate of drug-likeness (QED) is 0.161. The zero-order valence-corrected chi connectivity index (χ0v) is 19.7. The predicted molar refractivity (Wildman–Crippen MR) is 127 cm³/mol. The van der Waals surface area contributed by atoms with Crippen LogP contribution in [-0.2, 0) is 9.53 Å². The van der Waals surface area contributed by atoms with E-state index in [9.17, 15) is 9.59 Å². The van der Waals surface area contributed by atoms with Crippen molar-refractivity contribution in [3.63, 3.8) is 0 Å². The summed E-state index contributed by atoms with van der Waals surface area (Å²) < 4.78 is 11.2. The highest BCUT2D eigenvalue weighted by Gasteiger charge is 2.23. The van der Waals surface area contributed by atoms with Gasteiger partial charge in [0.1, 0.15) is 21.9 Å². The summed E-state index contributed by atoms with van der Waals surface area (Å²) in [5, 5.41) is 1.50. The molecular weight excluding hydrogens is 446 g/mol. The molecule has 0 saturated carbocycles. The molecule has 7 nitrogen and oxygen atoms in total. The first kappa shape index (κ1) is 22.2. The summed E-state index contributed by atoms with van der Waals surface area (Å²) in [7, 11) is 1.61. The number of methoxy groups -OCH3 is 1. The van der Waals surface area contributed by atoms with Crippen molar-refractivity contribution in [1.82, 2.24) is 15.0 Å². The van der Waals surface area contributed by atoms with E-state index in [1.807, 2.05) is 31.2 Å². The monoisotopic (exact) mass is 467 g/mol. The summed E-state index contributed by atoms with van der Waals surface area (Å²) in [5.41, 5.74) is 3.63. The van der Waals surface area contributed by atoms with E-state index >= 15 is 0 Å². The summed E-state index contributed by atoms with van der Waals surface area (Å²) in [6.45, 7) is 5.51. The average Bonchev–Trinajstić information content (AvgIpc) is 3.15. The van der Waals surface area contributed by atoms with E-state index in [1.165, 1.54) is 29.4 Å². The van der Waals surface area contributed by atoms with E-state index in [2.05, 4.69) is 9.97 Å². The van der Waals surface area contributed by atoms with Crippen molar-refractivity contribution in [2.75, 3.05) is 19.5 Å². The number of carbonyl (C=O) groups excluding carboxylic acids is 2. The number of hydrogen-bond donors (Lipinski definition) is 0. The molecule has 0 amide bonds. The molecule has 0 aliphatic carbocycles. The number of hydrogen-bond acceptors (Lipinski definition) is 9. The van der Waals surface area contributed by atoms with E-state index in [0.717, 1.165) is 31.8 Å². The van der Waals surface area contributed by atoms with Crippen molar-refractivity contribution >= 4 is 55.3 Å². The molecule has 4 rings (SSSR count). The van der Waals surface area contributed by atoms with Crippen molar-refractivity contribution in [2.24, 2.45) is 0 Å². The van der Waals surface area contributed by atoms with Gasteiger partial charge in [-0.15, -0.1) is 11.3 Å². The van der Waals surface area contributed by atoms with Crippen LogP contribution in [-0.4, -0.2) is 46.2 Å². The minimum atomic E-state index is -0.294. The van der Waals surface area contributed by atoms with Crippen LogP contribution in [0.25, 0.3) is 31.6 Å². The van der Waals surface area contributed by atoms with E-state index in [1.54, 1.807) is 21.0 Å². The van der Waals surface area contributed by atoms with Gasteiger partial charge in [-0.3, -0.25) is 9.59 Å². The van der Waals surface area contributed by atoms with Gasteiger partial charge in [0.25, 0.3) is 0 Å². The van der Waals surface area contributed by atoms with Gasteiger partial charge < -0.3 is 9.47 Å². The highest BCUT2D eigenvalue weighted by molar-refractivity contribution is 8.00. The second-order valence-electron chi connectivity index (χ2n) is 6.96. The van der Waals surface area contributed by atoms with Crippen LogP contribution in [0, 0.1) is 6.92 Å². The lowest BCUT2D eigenvalue weighted by Gasteiger charge is -2.12. The summed E-state index contributed by atoms with van der Waals surface area (Å²) in [4.78, 5) is 38.9. The Kier molecular flexibility index (Phi) is 6.38. The van der Waals surface area contributed by atoms with E-state index in [-0.39, 0.29) is 17.5 Å². The topological polar surface area (TPSA) is 91.3 Å². The number of ether oxygens (including phenoxy) is 2. The first-order valence-corrected chi connectivity index (χ1v) is 11.8. The van der Waals surface area contributed by atoms with Crippen molar-refractivity contribution in [1.29, 1.82) is 0 Å². The van der Waals surface area contributed by atoms with Gasteiger partial charge >= 0.3 is 5.97 Å². The summed E-state index contributed by atoms with van der Waals surface area (Å²) in [6.07, 6.45) is 1.48. The third kappa shape index (κ3) is 4.05. The van der Waals surface area contributed by atoms with Gasteiger partial charge in [-0.05, 0) is 38.5 Å². The highest BCUT2D eigenvalue weighted by Crippen LogP contribution is 2.43. The Morgan fingerprint density at radius 2 is 1.91 bits per heavy atom. The van der Waals surface area contributed by atoms with Crippen LogP contribution < -0.4 is 4.74 Å². The maximum absolute atomic E-state index is 12.6. The summed E-state index contributed by atoms with van der Waals surface area (Å²) in [5.74, 6) is 0.533. The predicted octanol–water partition coefficient (Wildman–Crippen LogP) is 5.08. The molecule has 32 heavy (non-hydrogen) atoms. The Hall–Kier alpha value is -3.04. The number of thioether (sulfide) groups is 1. The fourth-order valence-corrected chi connectivity index (χ4v) is 5.66. The molecule has 0 N–H and O–H groups in total. The molecule has 0 radical (unpaired) electrons. The number of esters is 1. The van der Waals surface area contributed by atoms with E-state index < -0.39 is 0 Å². The number of pyridine rings is 1. The van der Waals surface area contributed by atoms with Gasteiger partial charge in [0.15, 0.2) is 5.78 Å². The third-order valence-electron chi connectivity index (χ3n) is 4.91. The summed E-state index contributed by atoms with van der Waals surface area (Å²) in [6, 6.07) is 7.59. The number of benzene rings is 1. The third-order valence-corrected chi connectivity index (χ3v) is 7.09. The molecule has 1 aromatic carbocycles. The molecule has 3 heterocycles. The largest absolute Gasteiger partial charge is 0.497 e. The first-order valence-electron chi connectivity index (χ1n) is 9.96. The Balaban J connectivity index is 1.96. The molecule has 4 aromatic rings. The lowest BCUT2D eigenvalue weighted by atomic mass is 9.94. The maximum atomic E-state index is 12.6. The van der Waals surface area contributed by atoms with Crippen LogP contribution in [0.3, 0.4) is 0 Å². The number of carbonyl (C=O) groups is 2. The normalized spacial score (nSPS) is 11.1. The zero-order chi connectivity index (χ0) is 22.8. The molecule has 0 unspecified atom stereocenters. The molecule has 9 heteroatoms. The van der Waals surface area contributed by atoms with Gasteiger partial charge in [0.2, 0.25) is 0 Å². The number of rotatable bonds is 7. The van der Waals surface area contributed by atoms with Crippen LogP contribution in [0.15, 0.2) is 35.6 Å². The lowest BCUT2D eigenvalue weighted by molar-refractivity contribution is -0.139. The van der Waals surface area contributed by atoms with Crippen molar-refractivity contribution < 1.29 is 19.1 Å². The standard InChI is InChI=1S/C23H21N3O4S2/c1-5-30-16(28)10-31-23-21-20(24-11-25-23)19-18(14-6-8-15(29-4)9-7-14)17(13(3)27)12(2)26-22(19)32-21/h6-9,11H,5,10H2,1-4H3. The highest BCUT2D eigenvalue weighted by atomic mass is 32.2. The van der Waals surface area contributed by atoms with E-state index in [4.69, 9.17) is 14.5 Å². The van der Waals surface area contributed by atoms with Crippen LogP contribution >= 0.6 is 23.1 Å². The average molecular weight is 468 g/mol. The van der Waals surface area contributed by atoms with Gasteiger partial charge in [-0.1, -0.05) is 23.9 Å². The van der Waals surface area contributed by atoms with Crippen LogP contribution in [0.5, 0.6) is 5.75 Å². The molecule has 0 aliphatic rings. The van der Waals surface area contributed by atoms with Crippen LogP contribution in [0.2, 0.25) is 0 Å². The fourth-order valence-electron chi connectivity index (χ4n) is 3.60. The van der Waals surface area contributed by atoms with Gasteiger partial charge in [-0.25, -0.2) is 15.0 Å². The number of fused-ring (bicyclic) bond motifs is 3. The zero-order valence-electron chi connectivity index (χ0n) is 18.1. The molecule has 164 valence electrons. The minimum Gasteiger partial charge on any atom is -0.497 e. The molecule has 3 aromatic heterocycles. The molecule has 0 aliphatic heterocycles. The Labute approximate surface area is 193 Å². The molecule has 0 spiro atoms. The van der Waals surface area contributed by atoms with Crippen molar-refractivity contribution in [3.05, 3.63) is 41.9 Å². The minimum absolute atomic E-state index is 0.0620. The number of nitrogens with zero attached hydrogens (tertiary/aromatic N) is 3. The number of Topliss-reactive ketones (excluding diaryl/α,β-unsaturated/α-hetero) is 1. The van der Waals surface area contributed by atoms with E-state index in [0.29, 0.717) is 28.4 Å². The number of aromatic nitrogens is 3. The Morgan fingerprint density at radius 1 is 1.16 bits per heavy atom. The van der Waals surface area contributed by atoms with Crippen LogP contribution in [0.1, 0.15) is 29.9 Å². The molecule has 0 bridgehead atoms. The SMILES string of the molecule is CCOC(=O)CSc1ncnc2c1sc1nc(C)c(C(C)=O)c(-c3ccc(OC)cc3)c12. The first-order chi connectivity index (χ1) is 15.4. The maximum Gasteiger partial charge on any atom is 0.316 e. The molecule has 0 atom stereocenters. The fraction of sp³-hybridized carbons (Fsp3) is 0.261. The number of aryl methyl sites for hydroxylation is 1. The van der Waals surface area contributed by atoms with Gasteiger partial charge in [0.05, 0.1) is 35.4 Å². The van der Waals surface area contributed by atoms with Gasteiger partial charge in [-0.2, -0.15) is 0 Å². The molecular formula is C23H21N3O4S2. The molecule has 0 saturated heterocycles. The number of ketones is 1. The second kappa shape index (κ2) is 9.22. The Morgan fingerprint density at radius 3 is 2.56 bits per heavy atom.